The van der Waals surface area contributed by atoms with E-state index >= 15 is 0 Å². The zero-order chi connectivity index (χ0) is 15.5. The van der Waals surface area contributed by atoms with Gasteiger partial charge in [0.05, 0.1) is 6.10 Å². The fourth-order valence-electron chi connectivity index (χ4n) is 2.80. The summed E-state index contributed by atoms with van der Waals surface area (Å²) >= 11 is 0. The molecule has 0 aliphatic carbocycles. The standard InChI is InChI=1S/C20H19FO/c1-14-8-13-19(16-6-4-3-5-7-16)22-20(15(14)2)17-9-11-18(21)12-10-17/h3-7,9-12,19-20H,1-2,8,13H2. The molecule has 0 amide bonds. The number of hydrogen-bond donors (Lipinski definition) is 0. The van der Waals surface area contributed by atoms with Crippen LogP contribution in [0.1, 0.15) is 36.2 Å². The Kier molecular flexibility index (Phi) is 4.21. The van der Waals surface area contributed by atoms with Crippen molar-refractivity contribution >= 4 is 0 Å². The minimum Gasteiger partial charge on any atom is -0.361 e. The van der Waals surface area contributed by atoms with Crippen LogP contribution in [0.2, 0.25) is 0 Å². The fourth-order valence-corrected chi connectivity index (χ4v) is 2.80. The van der Waals surface area contributed by atoms with Crippen molar-refractivity contribution < 1.29 is 9.13 Å². The summed E-state index contributed by atoms with van der Waals surface area (Å²) < 4.78 is 19.5. The number of benzene rings is 2. The van der Waals surface area contributed by atoms with Gasteiger partial charge in [-0.3, -0.25) is 0 Å². The molecule has 0 spiro atoms. The summed E-state index contributed by atoms with van der Waals surface area (Å²) in [5, 5.41) is 0. The van der Waals surface area contributed by atoms with Crippen LogP contribution in [0, 0.1) is 5.82 Å². The van der Waals surface area contributed by atoms with Gasteiger partial charge in [-0.25, -0.2) is 4.39 Å². The molecule has 1 aliphatic heterocycles. The van der Waals surface area contributed by atoms with Crippen molar-refractivity contribution in [2.75, 3.05) is 0 Å². The average Bonchev–Trinajstić information content (AvgIpc) is 2.70. The van der Waals surface area contributed by atoms with Gasteiger partial charge in [0.1, 0.15) is 11.9 Å². The average molecular weight is 294 g/mol. The third-order valence-corrected chi connectivity index (χ3v) is 4.12. The molecule has 1 fully saturated rings. The summed E-state index contributed by atoms with van der Waals surface area (Å²) in [5.41, 5.74) is 3.95. The quantitative estimate of drug-likeness (QED) is 0.707. The normalized spacial score (nSPS) is 22.4. The van der Waals surface area contributed by atoms with Crippen molar-refractivity contribution in [2.45, 2.75) is 25.0 Å². The minimum atomic E-state index is -0.277. The van der Waals surface area contributed by atoms with Crippen molar-refractivity contribution in [1.29, 1.82) is 0 Å². The second kappa shape index (κ2) is 6.29. The van der Waals surface area contributed by atoms with E-state index in [2.05, 4.69) is 25.3 Å². The van der Waals surface area contributed by atoms with Crippen molar-refractivity contribution in [1.82, 2.24) is 0 Å². The maximum Gasteiger partial charge on any atom is 0.123 e. The van der Waals surface area contributed by atoms with Gasteiger partial charge in [-0.15, -0.1) is 0 Å². The second-order valence-electron chi connectivity index (χ2n) is 5.63. The molecule has 112 valence electrons. The third-order valence-electron chi connectivity index (χ3n) is 4.12. The van der Waals surface area contributed by atoms with Crippen LogP contribution in [0.4, 0.5) is 4.39 Å². The molecule has 22 heavy (non-hydrogen) atoms. The highest BCUT2D eigenvalue weighted by Gasteiger charge is 2.27. The Bertz CT molecular complexity index is 673. The highest BCUT2D eigenvalue weighted by Crippen LogP contribution is 2.41. The monoisotopic (exact) mass is 294 g/mol. The highest BCUT2D eigenvalue weighted by molar-refractivity contribution is 5.37. The number of rotatable bonds is 2. The Morgan fingerprint density at radius 2 is 1.59 bits per heavy atom. The second-order valence-corrected chi connectivity index (χ2v) is 5.63. The van der Waals surface area contributed by atoms with Crippen LogP contribution in [0.3, 0.4) is 0 Å². The molecule has 2 aromatic carbocycles. The summed E-state index contributed by atoms with van der Waals surface area (Å²) in [6.45, 7) is 8.27. The molecule has 2 heteroatoms. The maximum atomic E-state index is 13.2. The Hall–Kier alpha value is -2.19. The summed E-state index contributed by atoms with van der Waals surface area (Å²) in [6, 6.07) is 16.6. The number of halogens is 1. The zero-order valence-electron chi connectivity index (χ0n) is 12.5. The first-order valence-electron chi connectivity index (χ1n) is 7.48. The lowest BCUT2D eigenvalue weighted by Gasteiger charge is -2.23. The lowest BCUT2D eigenvalue weighted by molar-refractivity contribution is 0.00832. The Morgan fingerprint density at radius 3 is 2.27 bits per heavy atom. The number of hydrogen-bond acceptors (Lipinski definition) is 1. The fraction of sp³-hybridized carbons (Fsp3) is 0.200. The molecule has 0 saturated carbocycles. The minimum absolute atomic E-state index is 0.00717. The van der Waals surface area contributed by atoms with Gasteiger partial charge in [0, 0.05) is 0 Å². The summed E-state index contributed by atoms with van der Waals surface area (Å²) in [5.74, 6) is -0.249. The van der Waals surface area contributed by atoms with Crippen molar-refractivity contribution in [3.8, 4) is 0 Å². The predicted molar refractivity (Wildman–Crippen MR) is 86.9 cm³/mol. The lowest BCUT2D eigenvalue weighted by atomic mass is 9.95. The van der Waals surface area contributed by atoms with Gasteiger partial charge in [0.15, 0.2) is 0 Å². The molecule has 1 nitrogen and oxygen atoms in total. The van der Waals surface area contributed by atoms with E-state index in [1.165, 1.54) is 12.1 Å². The van der Waals surface area contributed by atoms with E-state index in [0.717, 1.165) is 35.1 Å². The molecule has 0 bridgehead atoms. The van der Waals surface area contributed by atoms with Gasteiger partial charge in [0.2, 0.25) is 0 Å². The largest absolute Gasteiger partial charge is 0.361 e. The third kappa shape index (κ3) is 3.02. The molecule has 2 aromatic rings. The Balaban J connectivity index is 1.93. The molecule has 0 N–H and O–H groups in total. The van der Waals surface area contributed by atoms with Gasteiger partial charge in [0.25, 0.3) is 0 Å². The van der Waals surface area contributed by atoms with Crippen LogP contribution in [0.25, 0.3) is 0 Å². The molecule has 1 aliphatic rings. The van der Waals surface area contributed by atoms with Crippen LogP contribution in [0.5, 0.6) is 0 Å². The summed E-state index contributed by atoms with van der Waals surface area (Å²) in [7, 11) is 0. The van der Waals surface area contributed by atoms with Gasteiger partial charge in [-0.05, 0) is 47.2 Å². The molecule has 0 radical (unpaired) electrons. The van der Waals surface area contributed by atoms with Crippen LogP contribution >= 0.6 is 0 Å². The van der Waals surface area contributed by atoms with E-state index in [1.54, 1.807) is 12.1 Å². The van der Waals surface area contributed by atoms with Crippen LogP contribution in [-0.2, 0) is 4.74 Å². The zero-order valence-corrected chi connectivity index (χ0v) is 12.5. The van der Waals surface area contributed by atoms with Gasteiger partial charge >= 0.3 is 0 Å². The van der Waals surface area contributed by atoms with Crippen molar-refractivity contribution in [2.24, 2.45) is 0 Å². The smallest absolute Gasteiger partial charge is 0.123 e. The molecular weight excluding hydrogens is 275 g/mol. The molecule has 2 unspecified atom stereocenters. The summed E-state index contributed by atoms with van der Waals surface area (Å²) in [6.07, 6.45) is 1.45. The van der Waals surface area contributed by atoms with Gasteiger partial charge in [-0.1, -0.05) is 55.6 Å². The first-order valence-corrected chi connectivity index (χ1v) is 7.48. The molecular formula is C20H19FO. The maximum absolute atomic E-state index is 13.2. The molecule has 1 heterocycles. The van der Waals surface area contributed by atoms with E-state index in [0.29, 0.717) is 0 Å². The Labute approximate surface area is 130 Å². The first kappa shape index (κ1) is 14.7. The van der Waals surface area contributed by atoms with Crippen LogP contribution in [-0.4, -0.2) is 0 Å². The van der Waals surface area contributed by atoms with E-state index < -0.39 is 0 Å². The lowest BCUT2D eigenvalue weighted by Crippen LogP contribution is -2.09. The molecule has 2 atom stereocenters. The van der Waals surface area contributed by atoms with Crippen LogP contribution < -0.4 is 0 Å². The Morgan fingerprint density at radius 1 is 0.909 bits per heavy atom. The molecule has 3 rings (SSSR count). The van der Waals surface area contributed by atoms with Gasteiger partial charge in [-0.2, -0.15) is 0 Å². The van der Waals surface area contributed by atoms with Crippen molar-refractivity contribution in [3.63, 3.8) is 0 Å². The van der Waals surface area contributed by atoms with Gasteiger partial charge < -0.3 is 4.74 Å². The predicted octanol–water partition coefficient (Wildman–Crippen LogP) is 5.53. The first-order chi connectivity index (χ1) is 10.6. The van der Waals surface area contributed by atoms with E-state index in [1.807, 2.05) is 18.2 Å². The van der Waals surface area contributed by atoms with E-state index in [4.69, 9.17) is 4.74 Å². The molecule has 0 aromatic heterocycles. The summed E-state index contributed by atoms with van der Waals surface area (Å²) in [4.78, 5) is 0. The van der Waals surface area contributed by atoms with E-state index in [-0.39, 0.29) is 18.0 Å². The van der Waals surface area contributed by atoms with Crippen LogP contribution in [0.15, 0.2) is 78.9 Å². The SMILES string of the molecule is C=C1CCC(c2ccccc2)OC(c2ccc(F)cc2)C1=C. The highest BCUT2D eigenvalue weighted by atomic mass is 19.1. The number of ether oxygens (including phenoxy) is 1. The van der Waals surface area contributed by atoms with E-state index in [9.17, 15) is 4.39 Å². The topological polar surface area (TPSA) is 9.23 Å². The molecule has 1 saturated heterocycles. The van der Waals surface area contributed by atoms with Crippen molar-refractivity contribution in [3.05, 3.63) is 95.8 Å².